The molecule has 2 heterocycles. The molecule has 6 nitrogen and oxygen atoms in total. The Kier molecular flexibility index (Phi) is 4.38. The van der Waals surface area contributed by atoms with E-state index in [4.69, 9.17) is 4.42 Å². The van der Waals surface area contributed by atoms with Crippen molar-refractivity contribution in [1.82, 2.24) is 10.3 Å². The standard InChI is InChI=1S/C16H15N3O3S/c1-10(20)17-7-6-15(21)18-11-8-13(22-9-11)16-19-12-4-2-3-5-14(12)23-16/h2-5,8-9H,6-7H2,1H3,(H,17,20)(H,18,21). The zero-order valence-electron chi connectivity index (χ0n) is 12.5. The highest BCUT2D eigenvalue weighted by Gasteiger charge is 2.11. The summed E-state index contributed by atoms with van der Waals surface area (Å²) in [5.74, 6) is 0.276. The van der Waals surface area contributed by atoms with E-state index in [0.717, 1.165) is 15.2 Å². The number of rotatable bonds is 5. The highest BCUT2D eigenvalue weighted by molar-refractivity contribution is 7.21. The smallest absolute Gasteiger partial charge is 0.226 e. The summed E-state index contributed by atoms with van der Waals surface area (Å²) >= 11 is 1.53. The monoisotopic (exact) mass is 329 g/mol. The fraction of sp³-hybridized carbons (Fsp3) is 0.188. The van der Waals surface area contributed by atoms with Gasteiger partial charge in [-0.3, -0.25) is 9.59 Å². The predicted molar refractivity (Wildman–Crippen MR) is 89.3 cm³/mol. The first-order chi connectivity index (χ1) is 11.1. The molecular formula is C16H15N3O3S. The Balaban J connectivity index is 1.65. The van der Waals surface area contributed by atoms with Gasteiger partial charge in [-0.15, -0.1) is 11.3 Å². The van der Waals surface area contributed by atoms with Crippen LogP contribution in [0.15, 0.2) is 41.0 Å². The lowest BCUT2D eigenvalue weighted by Crippen LogP contribution is -2.25. The minimum Gasteiger partial charge on any atom is -0.460 e. The molecule has 0 unspecified atom stereocenters. The first-order valence-corrected chi connectivity index (χ1v) is 7.92. The molecule has 2 amide bonds. The number of furan rings is 1. The molecule has 3 rings (SSSR count). The highest BCUT2D eigenvalue weighted by atomic mass is 32.1. The molecule has 0 fully saturated rings. The molecule has 2 aromatic heterocycles. The molecule has 23 heavy (non-hydrogen) atoms. The third-order valence-corrected chi connectivity index (χ3v) is 4.16. The fourth-order valence-electron chi connectivity index (χ4n) is 2.07. The van der Waals surface area contributed by atoms with E-state index in [1.54, 1.807) is 6.07 Å². The Labute approximate surface area is 136 Å². The maximum atomic E-state index is 11.8. The predicted octanol–water partition coefficient (Wildman–Crippen LogP) is 3.02. The topological polar surface area (TPSA) is 84.2 Å². The first-order valence-electron chi connectivity index (χ1n) is 7.10. The van der Waals surface area contributed by atoms with Gasteiger partial charge < -0.3 is 15.1 Å². The van der Waals surface area contributed by atoms with Crippen LogP contribution in [-0.4, -0.2) is 23.3 Å². The van der Waals surface area contributed by atoms with E-state index in [1.165, 1.54) is 24.5 Å². The summed E-state index contributed by atoms with van der Waals surface area (Å²) in [5.41, 5.74) is 1.50. The number of nitrogens with zero attached hydrogens (tertiary/aromatic N) is 1. The summed E-state index contributed by atoms with van der Waals surface area (Å²) < 4.78 is 6.57. The number of para-hydroxylation sites is 1. The van der Waals surface area contributed by atoms with Gasteiger partial charge in [-0.25, -0.2) is 4.98 Å². The van der Waals surface area contributed by atoms with Crippen LogP contribution in [0, 0.1) is 0 Å². The van der Waals surface area contributed by atoms with Crippen molar-refractivity contribution in [3.8, 4) is 10.8 Å². The van der Waals surface area contributed by atoms with Crippen molar-refractivity contribution in [3.63, 3.8) is 0 Å². The van der Waals surface area contributed by atoms with E-state index in [0.29, 0.717) is 18.0 Å². The third kappa shape index (κ3) is 3.75. The molecule has 0 aliphatic heterocycles. The Hall–Kier alpha value is -2.67. The highest BCUT2D eigenvalue weighted by Crippen LogP contribution is 2.32. The molecule has 0 saturated carbocycles. The number of carbonyl (C=O) groups excluding carboxylic acids is 2. The molecule has 0 atom stereocenters. The minimum atomic E-state index is -0.185. The lowest BCUT2D eigenvalue weighted by molar-refractivity contribution is -0.119. The molecule has 7 heteroatoms. The van der Waals surface area contributed by atoms with Crippen LogP contribution in [0.1, 0.15) is 13.3 Å². The number of anilines is 1. The average molecular weight is 329 g/mol. The number of benzene rings is 1. The minimum absolute atomic E-state index is 0.153. The number of nitrogens with one attached hydrogen (secondary N) is 2. The quantitative estimate of drug-likeness (QED) is 0.753. The lowest BCUT2D eigenvalue weighted by atomic mass is 10.3. The van der Waals surface area contributed by atoms with Gasteiger partial charge in [-0.1, -0.05) is 12.1 Å². The van der Waals surface area contributed by atoms with Crippen molar-refractivity contribution in [2.45, 2.75) is 13.3 Å². The third-order valence-electron chi connectivity index (χ3n) is 3.11. The normalized spacial score (nSPS) is 10.7. The van der Waals surface area contributed by atoms with Gasteiger partial charge in [0.1, 0.15) is 6.26 Å². The molecule has 0 bridgehead atoms. The molecule has 3 aromatic rings. The average Bonchev–Trinajstić information content (AvgIpc) is 3.12. The second-order valence-electron chi connectivity index (χ2n) is 4.97. The summed E-state index contributed by atoms with van der Waals surface area (Å²) in [6.45, 7) is 1.72. The van der Waals surface area contributed by atoms with Crippen LogP contribution in [0.2, 0.25) is 0 Å². The van der Waals surface area contributed by atoms with Gasteiger partial charge in [-0.2, -0.15) is 0 Å². The van der Waals surface area contributed by atoms with E-state index in [-0.39, 0.29) is 18.2 Å². The van der Waals surface area contributed by atoms with Gasteiger partial charge in [0, 0.05) is 26.0 Å². The van der Waals surface area contributed by atoms with Gasteiger partial charge in [-0.05, 0) is 12.1 Å². The lowest BCUT2D eigenvalue weighted by Gasteiger charge is -2.02. The van der Waals surface area contributed by atoms with Crippen LogP contribution in [0.25, 0.3) is 21.0 Å². The molecule has 0 saturated heterocycles. The van der Waals surface area contributed by atoms with Gasteiger partial charge in [0.15, 0.2) is 10.8 Å². The summed E-state index contributed by atoms with van der Waals surface area (Å²) in [6.07, 6.45) is 1.69. The molecule has 0 radical (unpaired) electrons. The molecule has 1 aromatic carbocycles. The van der Waals surface area contributed by atoms with E-state index in [2.05, 4.69) is 15.6 Å². The van der Waals surface area contributed by atoms with E-state index >= 15 is 0 Å². The van der Waals surface area contributed by atoms with Crippen molar-refractivity contribution < 1.29 is 14.0 Å². The van der Waals surface area contributed by atoms with Gasteiger partial charge in [0.25, 0.3) is 0 Å². The van der Waals surface area contributed by atoms with Gasteiger partial charge >= 0.3 is 0 Å². The zero-order chi connectivity index (χ0) is 16.2. The number of thiazole rings is 1. The summed E-state index contributed by atoms with van der Waals surface area (Å²) in [4.78, 5) is 27.0. The number of hydrogen-bond acceptors (Lipinski definition) is 5. The second kappa shape index (κ2) is 6.62. The molecule has 0 aliphatic rings. The number of fused-ring (bicyclic) bond motifs is 1. The maximum absolute atomic E-state index is 11.8. The van der Waals surface area contributed by atoms with Crippen molar-refractivity contribution in [3.05, 3.63) is 36.6 Å². The van der Waals surface area contributed by atoms with Crippen LogP contribution in [0.4, 0.5) is 5.69 Å². The fourth-order valence-corrected chi connectivity index (χ4v) is 2.99. The number of aromatic nitrogens is 1. The van der Waals surface area contributed by atoms with E-state index in [1.807, 2.05) is 24.3 Å². The molecule has 118 valence electrons. The Morgan fingerprint density at radius 2 is 2.13 bits per heavy atom. The van der Waals surface area contributed by atoms with Gasteiger partial charge in [0.05, 0.1) is 15.9 Å². The number of amides is 2. The molecule has 2 N–H and O–H groups in total. The van der Waals surface area contributed by atoms with E-state index < -0.39 is 0 Å². The van der Waals surface area contributed by atoms with Crippen molar-refractivity contribution in [2.75, 3.05) is 11.9 Å². The SMILES string of the molecule is CC(=O)NCCC(=O)Nc1coc(-c2nc3ccccc3s2)c1. The van der Waals surface area contributed by atoms with Crippen molar-refractivity contribution in [2.24, 2.45) is 0 Å². The van der Waals surface area contributed by atoms with Crippen LogP contribution in [0.5, 0.6) is 0 Å². The number of carbonyl (C=O) groups is 2. The molecule has 0 aliphatic carbocycles. The van der Waals surface area contributed by atoms with Crippen LogP contribution < -0.4 is 10.6 Å². The number of hydrogen-bond donors (Lipinski definition) is 2. The van der Waals surface area contributed by atoms with E-state index in [9.17, 15) is 9.59 Å². The van der Waals surface area contributed by atoms with Gasteiger partial charge in [0.2, 0.25) is 11.8 Å². The molecular weight excluding hydrogens is 314 g/mol. The van der Waals surface area contributed by atoms with Crippen LogP contribution >= 0.6 is 11.3 Å². The van der Waals surface area contributed by atoms with Crippen molar-refractivity contribution in [1.29, 1.82) is 0 Å². The summed E-state index contributed by atoms with van der Waals surface area (Å²) in [7, 11) is 0. The maximum Gasteiger partial charge on any atom is 0.226 e. The zero-order valence-corrected chi connectivity index (χ0v) is 13.3. The Morgan fingerprint density at radius 1 is 1.30 bits per heavy atom. The van der Waals surface area contributed by atoms with Crippen LogP contribution in [0.3, 0.4) is 0 Å². The first kappa shape index (κ1) is 15.2. The molecule has 0 spiro atoms. The second-order valence-corrected chi connectivity index (χ2v) is 6.00. The Bertz CT molecular complexity index is 820. The summed E-state index contributed by atoms with van der Waals surface area (Å²) in [5, 5.41) is 6.08. The summed E-state index contributed by atoms with van der Waals surface area (Å²) in [6, 6.07) is 9.60. The Morgan fingerprint density at radius 3 is 2.91 bits per heavy atom. The van der Waals surface area contributed by atoms with Crippen molar-refractivity contribution >= 4 is 39.1 Å². The largest absolute Gasteiger partial charge is 0.460 e. The van der Waals surface area contributed by atoms with Crippen LogP contribution in [-0.2, 0) is 9.59 Å².